The van der Waals surface area contributed by atoms with Crippen LogP contribution in [0.25, 0.3) is 0 Å². The molecule has 0 aromatic heterocycles. The zero-order chi connectivity index (χ0) is 9.84. The van der Waals surface area contributed by atoms with Crippen molar-refractivity contribution >= 4 is 0 Å². The van der Waals surface area contributed by atoms with Crippen molar-refractivity contribution < 1.29 is 9.50 Å². The molecule has 0 spiro atoms. The van der Waals surface area contributed by atoms with Crippen molar-refractivity contribution in [3.05, 3.63) is 0 Å². The molecule has 3 nitrogen and oxygen atoms in total. The lowest BCUT2D eigenvalue weighted by molar-refractivity contribution is 0.0685. The first-order chi connectivity index (χ1) is 6.11. The van der Waals surface area contributed by atoms with Crippen LogP contribution in [-0.2, 0) is 0 Å². The van der Waals surface area contributed by atoms with Crippen LogP contribution in [0.1, 0.15) is 13.8 Å². The molecule has 0 bridgehead atoms. The van der Waals surface area contributed by atoms with Crippen LogP contribution in [0.2, 0.25) is 0 Å². The molecule has 78 valence electrons. The van der Waals surface area contributed by atoms with Gasteiger partial charge in [0.25, 0.3) is 0 Å². The number of rotatable bonds is 3. The Morgan fingerprint density at radius 3 is 2.46 bits per heavy atom. The van der Waals surface area contributed by atoms with E-state index in [1.807, 2.05) is 0 Å². The van der Waals surface area contributed by atoms with Crippen LogP contribution in [0.5, 0.6) is 0 Å². The van der Waals surface area contributed by atoms with Gasteiger partial charge in [0.1, 0.15) is 6.67 Å². The highest BCUT2D eigenvalue weighted by Crippen LogP contribution is 2.04. The van der Waals surface area contributed by atoms with Gasteiger partial charge in [0, 0.05) is 31.7 Å². The molecule has 13 heavy (non-hydrogen) atoms. The van der Waals surface area contributed by atoms with Gasteiger partial charge in [0.15, 0.2) is 0 Å². The summed E-state index contributed by atoms with van der Waals surface area (Å²) in [4.78, 5) is 2.11. The minimum Gasteiger partial charge on any atom is -0.389 e. The second-order valence-electron chi connectivity index (χ2n) is 4.00. The van der Waals surface area contributed by atoms with Gasteiger partial charge in [-0.1, -0.05) is 0 Å². The molecule has 1 heterocycles. The Bertz CT molecular complexity index is 147. The van der Waals surface area contributed by atoms with Gasteiger partial charge < -0.3 is 10.4 Å². The number of piperazine rings is 1. The SMILES string of the molecule is C[C@@H]1CN(CC(O)CF)C[C@H](C)N1. The van der Waals surface area contributed by atoms with Crippen molar-refractivity contribution in [3.8, 4) is 0 Å². The maximum absolute atomic E-state index is 12.0. The van der Waals surface area contributed by atoms with Gasteiger partial charge in [-0.3, -0.25) is 4.90 Å². The third-order valence-corrected chi connectivity index (χ3v) is 2.28. The van der Waals surface area contributed by atoms with Crippen LogP contribution in [0.4, 0.5) is 4.39 Å². The number of alkyl halides is 1. The monoisotopic (exact) mass is 190 g/mol. The smallest absolute Gasteiger partial charge is 0.117 e. The zero-order valence-corrected chi connectivity index (χ0v) is 8.33. The quantitative estimate of drug-likeness (QED) is 0.657. The van der Waals surface area contributed by atoms with E-state index in [-0.39, 0.29) is 0 Å². The fourth-order valence-electron chi connectivity index (χ4n) is 1.94. The molecular formula is C9H19FN2O. The summed E-state index contributed by atoms with van der Waals surface area (Å²) in [5, 5.41) is 12.5. The summed E-state index contributed by atoms with van der Waals surface area (Å²) < 4.78 is 12.0. The maximum atomic E-state index is 12.0. The van der Waals surface area contributed by atoms with E-state index in [4.69, 9.17) is 5.11 Å². The van der Waals surface area contributed by atoms with Gasteiger partial charge >= 0.3 is 0 Å². The molecule has 0 amide bonds. The molecule has 1 unspecified atom stereocenters. The standard InChI is InChI=1S/C9H19FN2O/c1-7-4-12(5-8(2)11-7)6-9(13)3-10/h7-9,11,13H,3-6H2,1-2H3/t7-,8+,9?. The number of hydrogen-bond donors (Lipinski definition) is 2. The first kappa shape index (κ1) is 10.9. The van der Waals surface area contributed by atoms with E-state index in [2.05, 4.69) is 24.1 Å². The van der Waals surface area contributed by atoms with Gasteiger partial charge in [0.05, 0.1) is 6.10 Å². The topological polar surface area (TPSA) is 35.5 Å². The summed E-state index contributed by atoms with van der Waals surface area (Å²) >= 11 is 0. The number of nitrogens with one attached hydrogen (secondary N) is 1. The maximum Gasteiger partial charge on any atom is 0.117 e. The van der Waals surface area contributed by atoms with E-state index >= 15 is 0 Å². The van der Waals surface area contributed by atoms with Gasteiger partial charge in [-0.2, -0.15) is 0 Å². The van der Waals surface area contributed by atoms with E-state index in [0.29, 0.717) is 18.6 Å². The number of hydrogen-bond acceptors (Lipinski definition) is 3. The lowest BCUT2D eigenvalue weighted by Gasteiger charge is -2.36. The number of aliphatic hydroxyl groups excluding tert-OH is 1. The van der Waals surface area contributed by atoms with Crippen LogP contribution in [0.15, 0.2) is 0 Å². The minimum absolute atomic E-state index is 0.426. The van der Waals surface area contributed by atoms with E-state index in [1.165, 1.54) is 0 Å². The Hall–Kier alpha value is -0.190. The van der Waals surface area contributed by atoms with Crippen molar-refractivity contribution in [2.45, 2.75) is 32.0 Å². The van der Waals surface area contributed by atoms with E-state index in [0.717, 1.165) is 13.1 Å². The van der Waals surface area contributed by atoms with Gasteiger partial charge in [0.2, 0.25) is 0 Å². The minimum atomic E-state index is -0.822. The highest BCUT2D eigenvalue weighted by atomic mass is 19.1. The van der Waals surface area contributed by atoms with Gasteiger partial charge in [-0.15, -0.1) is 0 Å². The number of aliphatic hydroxyl groups is 1. The van der Waals surface area contributed by atoms with Crippen molar-refractivity contribution in [1.29, 1.82) is 0 Å². The second kappa shape index (κ2) is 4.88. The normalized spacial score (nSPS) is 33.2. The van der Waals surface area contributed by atoms with E-state index in [1.54, 1.807) is 0 Å². The lowest BCUT2D eigenvalue weighted by atomic mass is 10.1. The summed E-state index contributed by atoms with van der Waals surface area (Å²) in [6.07, 6.45) is -0.822. The van der Waals surface area contributed by atoms with Crippen molar-refractivity contribution in [2.75, 3.05) is 26.3 Å². The molecule has 1 saturated heterocycles. The molecule has 0 aromatic carbocycles. The molecule has 1 fully saturated rings. The fraction of sp³-hybridized carbons (Fsp3) is 1.00. The number of halogens is 1. The summed E-state index contributed by atoms with van der Waals surface area (Å²) in [6.45, 7) is 5.79. The van der Waals surface area contributed by atoms with E-state index < -0.39 is 12.8 Å². The molecule has 0 aliphatic carbocycles. The van der Waals surface area contributed by atoms with Crippen molar-refractivity contribution in [1.82, 2.24) is 10.2 Å². The van der Waals surface area contributed by atoms with Crippen LogP contribution >= 0.6 is 0 Å². The van der Waals surface area contributed by atoms with Gasteiger partial charge in [-0.05, 0) is 13.8 Å². The Morgan fingerprint density at radius 1 is 1.46 bits per heavy atom. The first-order valence-electron chi connectivity index (χ1n) is 4.84. The Balaban J connectivity index is 2.32. The lowest BCUT2D eigenvalue weighted by Crippen LogP contribution is -2.55. The molecule has 1 aliphatic rings. The Morgan fingerprint density at radius 2 is 2.00 bits per heavy atom. The molecule has 0 saturated carbocycles. The van der Waals surface area contributed by atoms with Crippen LogP contribution in [-0.4, -0.2) is 54.5 Å². The molecule has 1 aliphatic heterocycles. The first-order valence-corrected chi connectivity index (χ1v) is 4.84. The summed E-state index contributed by atoms with van der Waals surface area (Å²) in [7, 11) is 0. The van der Waals surface area contributed by atoms with Crippen LogP contribution in [0.3, 0.4) is 0 Å². The average Bonchev–Trinajstić information content (AvgIpc) is 2.02. The molecule has 1 rings (SSSR count). The van der Waals surface area contributed by atoms with Crippen molar-refractivity contribution in [3.63, 3.8) is 0 Å². The van der Waals surface area contributed by atoms with Crippen LogP contribution in [0, 0.1) is 0 Å². The molecule has 0 radical (unpaired) electrons. The van der Waals surface area contributed by atoms with E-state index in [9.17, 15) is 4.39 Å². The molecule has 2 N–H and O–H groups in total. The number of nitrogens with zero attached hydrogens (tertiary/aromatic N) is 1. The average molecular weight is 190 g/mol. The highest BCUT2D eigenvalue weighted by Gasteiger charge is 2.22. The third-order valence-electron chi connectivity index (χ3n) is 2.28. The predicted molar refractivity (Wildman–Crippen MR) is 50.5 cm³/mol. The second-order valence-corrected chi connectivity index (χ2v) is 4.00. The summed E-state index contributed by atoms with van der Waals surface area (Å²) in [5.41, 5.74) is 0. The number of β-amino-alcohol motifs (C(OH)–C–C–N with tert-alkyl or cyclic N) is 1. The molecule has 4 heteroatoms. The molecule has 0 aromatic rings. The zero-order valence-electron chi connectivity index (χ0n) is 8.33. The molecular weight excluding hydrogens is 171 g/mol. The van der Waals surface area contributed by atoms with Gasteiger partial charge in [-0.25, -0.2) is 4.39 Å². The highest BCUT2D eigenvalue weighted by molar-refractivity contribution is 4.81. The predicted octanol–water partition coefficient (Wildman–Crippen LogP) is -0.00100. The summed E-state index contributed by atoms with van der Waals surface area (Å²) in [5.74, 6) is 0. The summed E-state index contributed by atoms with van der Waals surface area (Å²) in [6, 6.07) is 0.853. The van der Waals surface area contributed by atoms with Crippen molar-refractivity contribution in [2.24, 2.45) is 0 Å². The third kappa shape index (κ3) is 3.58. The largest absolute Gasteiger partial charge is 0.389 e. The fourth-order valence-corrected chi connectivity index (χ4v) is 1.94. The Kier molecular flexibility index (Phi) is 4.09. The Labute approximate surface area is 78.9 Å². The van der Waals surface area contributed by atoms with Crippen LogP contribution < -0.4 is 5.32 Å². The molecule has 3 atom stereocenters.